The van der Waals surface area contributed by atoms with E-state index >= 15 is 0 Å². The van der Waals surface area contributed by atoms with Crippen LogP contribution in [0.1, 0.15) is 18.6 Å². The number of benzene rings is 1. The molecular weight excluding hydrogens is 459 g/mol. The molecule has 8 nitrogen and oxygen atoms in total. The molecule has 1 fully saturated rings. The van der Waals surface area contributed by atoms with Gasteiger partial charge in [0.1, 0.15) is 12.3 Å². The average molecular weight is 486 g/mol. The first-order chi connectivity index (χ1) is 12.7. The number of rotatable bonds is 5. The zero-order chi connectivity index (χ0) is 18.4. The third kappa shape index (κ3) is 5.72. The minimum atomic E-state index is 0. The average Bonchev–Trinajstić information content (AvgIpc) is 3.10. The number of guanidine groups is 1. The lowest BCUT2D eigenvalue weighted by atomic mass is 10.2. The van der Waals surface area contributed by atoms with Gasteiger partial charge in [-0.15, -0.1) is 24.0 Å². The second-order valence-corrected chi connectivity index (χ2v) is 6.08. The molecule has 0 unspecified atom stereocenters. The van der Waals surface area contributed by atoms with Gasteiger partial charge < -0.3 is 24.4 Å². The standard InChI is InChI=1S/C18H26N6O2.HI/c1-4-19-18(20-13-17-21-14(2)26-22-17)24-10-8-23(9-11-24)15-6-5-7-16(12-15)25-3;/h5-7,12H,4,8-11,13H2,1-3H3,(H,19,20);1H. The van der Waals surface area contributed by atoms with Crippen LogP contribution in [-0.2, 0) is 6.54 Å². The summed E-state index contributed by atoms with van der Waals surface area (Å²) in [7, 11) is 1.70. The normalized spacial score (nSPS) is 14.7. The topological polar surface area (TPSA) is 79.0 Å². The first-order valence-corrected chi connectivity index (χ1v) is 8.91. The molecule has 1 aliphatic heterocycles. The van der Waals surface area contributed by atoms with Gasteiger partial charge >= 0.3 is 0 Å². The van der Waals surface area contributed by atoms with E-state index in [0.717, 1.165) is 44.4 Å². The largest absolute Gasteiger partial charge is 0.497 e. The molecule has 1 aliphatic rings. The number of aliphatic imine (C=N–C) groups is 1. The molecule has 2 heterocycles. The highest BCUT2D eigenvalue weighted by Crippen LogP contribution is 2.22. The van der Waals surface area contributed by atoms with Crippen molar-refractivity contribution in [2.45, 2.75) is 20.4 Å². The van der Waals surface area contributed by atoms with Gasteiger partial charge in [-0.1, -0.05) is 11.2 Å². The molecule has 0 radical (unpaired) electrons. The molecule has 1 saturated heterocycles. The summed E-state index contributed by atoms with van der Waals surface area (Å²) in [6.45, 7) is 8.74. The van der Waals surface area contributed by atoms with Crippen molar-refractivity contribution >= 4 is 35.6 Å². The zero-order valence-corrected chi connectivity index (χ0v) is 18.3. The lowest BCUT2D eigenvalue weighted by Crippen LogP contribution is -2.52. The van der Waals surface area contributed by atoms with Gasteiger partial charge in [-0.05, 0) is 19.1 Å². The number of nitrogens with one attached hydrogen (secondary N) is 1. The second kappa shape index (κ2) is 10.3. The number of halogens is 1. The smallest absolute Gasteiger partial charge is 0.223 e. The van der Waals surface area contributed by atoms with Gasteiger partial charge in [0.15, 0.2) is 11.8 Å². The van der Waals surface area contributed by atoms with Crippen LogP contribution < -0.4 is 15.0 Å². The Hall–Kier alpha value is -2.04. The van der Waals surface area contributed by atoms with E-state index < -0.39 is 0 Å². The van der Waals surface area contributed by atoms with E-state index in [4.69, 9.17) is 9.26 Å². The Morgan fingerprint density at radius 1 is 1.30 bits per heavy atom. The maximum absolute atomic E-state index is 5.33. The molecule has 1 aromatic carbocycles. The van der Waals surface area contributed by atoms with Gasteiger partial charge in [0.2, 0.25) is 5.89 Å². The number of hydrogen-bond acceptors (Lipinski definition) is 6. The number of hydrogen-bond donors (Lipinski definition) is 1. The SMILES string of the molecule is CCNC(=NCc1noc(C)n1)N1CCN(c2cccc(OC)c2)CC1.I. The number of nitrogens with zero attached hydrogens (tertiary/aromatic N) is 5. The lowest BCUT2D eigenvalue weighted by molar-refractivity contribution is 0.370. The van der Waals surface area contributed by atoms with Gasteiger partial charge in [-0.25, -0.2) is 4.99 Å². The van der Waals surface area contributed by atoms with Crippen LogP contribution in [0.25, 0.3) is 0 Å². The van der Waals surface area contributed by atoms with Crippen LogP contribution in [-0.4, -0.2) is 60.8 Å². The number of aromatic nitrogens is 2. The van der Waals surface area contributed by atoms with Crippen LogP contribution >= 0.6 is 24.0 Å². The first-order valence-electron chi connectivity index (χ1n) is 8.91. The summed E-state index contributed by atoms with van der Waals surface area (Å²) < 4.78 is 10.3. The van der Waals surface area contributed by atoms with Gasteiger partial charge in [0, 0.05) is 51.4 Å². The van der Waals surface area contributed by atoms with E-state index in [1.54, 1.807) is 14.0 Å². The molecule has 0 bridgehead atoms. The van der Waals surface area contributed by atoms with E-state index in [1.165, 1.54) is 5.69 Å². The van der Waals surface area contributed by atoms with Gasteiger partial charge in [0.05, 0.1) is 7.11 Å². The van der Waals surface area contributed by atoms with Gasteiger partial charge in [0.25, 0.3) is 0 Å². The fourth-order valence-corrected chi connectivity index (χ4v) is 2.96. The summed E-state index contributed by atoms with van der Waals surface area (Å²) in [4.78, 5) is 13.5. The minimum absolute atomic E-state index is 0. The van der Waals surface area contributed by atoms with Crippen molar-refractivity contribution in [1.82, 2.24) is 20.4 Å². The third-order valence-corrected chi connectivity index (χ3v) is 4.27. The molecule has 0 spiro atoms. The van der Waals surface area contributed by atoms with E-state index in [-0.39, 0.29) is 24.0 Å². The highest BCUT2D eigenvalue weighted by molar-refractivity contribution is 14.0. The minimum Gasteiger partial charge on any atom is -0.497 e. The van der Waals surface area contributed by atoms with Crippen LogP contribution in [0.2, 0.25) is 0 Å². The van der Waals surface area contributed by atoms with Crippen LogP contribution in [0.15, 0.2) is 33.8 Å². The van der Waals surface area contributed by atoms with Crippen LogP contribution in [0, 0.1) is 6.92 Å². The third-order valence-electron chi connectivity index (χ3n) is 4.27. The Balaban J connectivity index is 0.00000261. The molecule has 1 N–H and O–H groups in total. The molecule has 0 amide bonds. The second-order valence-electron chi connectivity index (χ2n) is 6.08. The summed E-state index contributed by atoms with van der Waals surface area (Å²) in [6.07, 6.45) is 0. The summed E-state index contributed by atoms with van der Waals surface area (Å²) in [5.41, 5.74) is 1.19. The Morgan fingerprint density at radius 2 is 2.07 bits per heavy atom. The fraction of sp³-hybridized carbons (Fsp3) is 0.500. The molecular formula is C18H27IN6O2. The van der Waals surface area contributed by atoms with Crippen molar-refractivity contribution in [3.05, 3.63) is 36.0 Å². The summed E-state index contributed by atoms with van der Waals surface area (Å²) in [5, 5.41) is 7.25. The lowest BCUT2D eigenvalue weighted by Gasteiger charge is -2.37. The number of methoxy groups -OCH3 is 1. The van der Waals surface area contributed by atoms with Gasteiger partial charge in [-0.3, -0.25) is 0 Å². The zero-order valence-electron chi connectivity index (χ0n) is 16.0. The van der Waals surface area contributed by atoms with Crippen molar-refractivity contribution in [3.8, 4) is 5.75 Å². The van der Waals surface area contributed by atoms with E-state index in [0.29, 0.717) is 18.3 Å². The van der Waals surface area contributed by atoms with Crippen LogP contribution in [0.4, 0.5) is 5.69 Å². The molecule has 3 rings (SSSR count). The Morgan fingerprint density at radius 3 is 2.70 bits per heavy atom. The molecule has 0 atom stereocenters. The molecule has 1 aromatic heterocycles. The monoisotopic (exact) mass is 486 g/mol. The molecule has 0 aliphatic carbocycles. The molecule has 148 valence electrons. The predicted molar refractivity (Wildman–Crippen MR) is 116 cm³/mol. The summed E-state index contributed by atoms with van der Waals surface area (Å²) in [5.74, 6) is 2.94. The highest BCUT2D eigenvalue weighted by atomic mass is 127. The van der Waals surface area contributed by atoms with Crippen molar-refractivity contribution in [2.24, 2.45) is 4.99 Å². The van der Waals surface area contributed by atoms with Crippen molar-refractivity contribution in [1.29, 1.82) is 0 Å². The van der Waals surface area contributed by atoms with E-state index in [9.17, 15) is 0 Å². The molecule has 2 aromatic rings. The maximum atomic E-state index is 5.33. The van der Waals surface area contributed by atoms with Gasteiger partial charge in [-0.2, -0.15) is 4.98 Å². The van der Waals surface area contributed by atoms with Crippen molar-refractivity contribution in [2.75, 3.05) is 44.7 Å². The molecule has 9 heteroatoms. The number of piperazine rings is 1. The maximum Gasteiger partial charge on any atom is 0.223 e. The Bertz CT molecular complexity index is 743. The fourth-order valence-electron chi connectivity index (χ4n) is 2.96. The van der Waals surface area contributed by atoms with Crippen molar-refractivity contribution in [3.63, 3.8) is 0 Å². The van der Waals surface area contributed by atoms with E-state index in [1.807, 2.05) is 12.1 Å². The van der Waals surface area contributed by atoms with E-state index in [2.05, 4.69) is 49.3 Å². The number of anilines is 1. The Kier molecular flexibility index (Phi) is 8.14. The van der Waals surface area contributed by atoms with Crippen LogP contribution in [0.3, 0.4) is 0 Å². The molecule has 0 saturated carbocycles. The Labute approximate surface area is 177 Å². The number of ether oxygens (including phenoxy) is 1. The number of aryl methyl sites for hydroxylation is 1. The quantitative estimate of drug-likeness (QED) is 0.395. The summed E-state index contributed by atoms with van der Waals surface area (Å²) in [6, 6.07) is 8.19. The highest BCUT2D eigenvalue weighted by Gasteiger charge is 2.20. The van der Waals surface area contributed by atoms with Crippen molar-refractivity contribution < 1.29 is 9.26 Å². The molecule has 27 heavy (non-hydrogen) atoms. The van der Waals surface area contributed by atoms with Crippen LogP contribution in [0.5, 0.6) is 5.75 Å². The first kappa shape index (κ1) is 21.3. The summed E-state index contributed by atoms with van der Waals surface area (Å²) >= 11 is 0. The predicted octanol–water partition coefficient (Wildman–Crippen LogP) is 2.29.